The van der Waals surface area contributed by atoms with Gasteiger partial charge in [0.05, 0.1) is 13.7 Å². The van der Waals surface area contributed by atoms with Crippen molar-refractivity contribution in [3.8, 4) is 22.8 Å². The van der Waals surface area contributed by atoms with Crippen molar-refractivity contribution in [2.75, 3.05) is 26.1 Å². The van der Waals surface area contributed by atoms with E-state index in [0.29, 0.717) is 23.8 Å². The lowest BCUT2D eigenvalue weighted by Crippen LogP contribution is -2.28. The molecule has 0 spiro atoms. The van der Waals surface area contributed by atoms with Crippen LogP contribution >= 0.6 is 0 Å². The molecule has 0 amide bonds. The Hall–Kier alpha value is -2.21. The summed E-state index contributed by atoms with van der Waals surface area (Å²) < 4.78 is 21.9. The summed E-state index contributed by atoms with van der Waals surface area (Å²) in [6.07, 6.45) is 1.96. The minimum atomic E-state index is 0.0121. The zero-order chi connectivity index (χ0) is 14.7. The first kappa shape index (κ1) is 13.8. The molecule has 6 heteroatoms. The van der Waals surface area contributed by atoms with Crippen LogP contribution in [0.5, 0.6) is 11.5 Å². The third-order valence-electron chi connectivity index (χ3n) is 3.41. The number of anilines is 1. The van der Waals surface area contributed by atoms with E-state index in [1.807, 2.05) is 18.2 Å². The minimum Gasteiger partial charge on any atom is -0.493 e. The molecule has 0 radical (unpaired) electrons. The summed E-state index contributed by atoms with van der Waals surface area (Å²) >= 11 is 0. The molecule has 1 aliphatic rings. The molecule has 1 aromatic heterocycles. The number of nitrogen functional groups attached to an aromatic ring is 1. The number of aromatic nitrogens is 1. The van der Waals surface area contributed by atoms with Crippen LogP contribution in [0.25, 0.3) is 11.3 Å². The number of hydrogen-bond donors (Lipinski definition) is 1. The Balaban J connectivity index is 1.95. The number of rotatable bonds is 4. The van der Waals surface area contributed by atoms with E-state index in [-0.39, 0.29) is 12.0 Å². The van der Waals surface area contributed by atoms with Crippen molar-refractivity contribution < 1.29 is 18.7 Å². The molecule has 112 valence electrons. The molecule has 1 aliphatic heterocycles. The van der Waals surface area contributed by atoms with Gasteiger partial charge in [0.15, 0.2) is 11.5 Å². The Labute approximate surface area is 122 Å². The standard InChI is InChI=1S/C15H18N2O4/c1-18-13-6-2-5-11(12-8-14(16)21-17-12)15(13)20-10-4-3-7-19-9-10/h2,5-6,8,10H,3-4,7,9,16H2,1H3. The van der Waals surface area contributed by atoms with Crippen molar-refractivity contribution in [2.24, 2.45) is 0 Å². The van der Waals surface area contributed by atoms with Crippen molar-refractivity contribution in [1.29, 1.82) is 0 Å². The van der Waals surface area contributed by atoms with Gasteiger partial charge >= 0.3 is 0 Å². The van der Waals surface area contributed by atoms with Gasteiger partial charge < -0.3 is 24.5 Å². The molecule has 2 N–H and O–H groups in total. The van der Waals surface area contributed by atoms with E-state index >= 15 is 0 Å². The topological polar surface area (TPSA) is 79.7 Å². The SMILES string of the molecule is COc1cccc(-c2cc(N)on2)c1OC1CCCOC1. The number of nitrogens with zero attached hydrogens (tertiary/aromatic N) is 1. The van der Waals surface area contributed by atoms with E-state index in [4.69, 9.17) is 24.5 Å². The van der Waals surface area contributed by atoms with Crippen molar-refractivity contribution >= 4 is 5.88 Å². The normalized spacial score (nSPS) is 18.4. The molecule has 0 bridgehead atoms. The monoisotopic (exact) mass is 290 g/mol. The quantitative estimate of drug-likeness (QED) is 0.932. The molecule has 6 nitrogen and oxygen atoms in total. The summed E-state index contributed by atoms with van der Waals surface area (Å²) in [7, 11) is 1.61. The molecular formula is C15H18N2O4. The lowest BCUT2D eigenvalue weighted by atomic mass is 10.1. The van der Waals surface area contributed by atoms with Gasteiger partial charge in [-0.3, -0.25) is 0 Å². The van der Waals surface area contributed by atoms with Gasteiger partial charge in [0.1, 0.15) is 11.8 Å². The number of methoxy groups -OCH3 is 1. The lowest BCUT2D eigenvalue weighted by Gasteiger charge is -2.25. The van der Waals surface area contributed by atoms with Crippen molar-refractivity contribution in [1.82, 2.24) is 5.16 Å². The molecule has 1 fully saturated rings. The van der Waals surface area contributed by atoms with Crippen LogP contribution in [-0.4, -0.2) is 31.6 Å². The van der Waals surface area contributed by atoms with Crippen molar-refractivity contribution in [3.05, 3.63) is 24.3 Å². The van der Waals surface area contributed by atoms with Crippen LogP contribution in [0.3, 0.4) is 0 Å². The first-order valence-electron chi connectivity index (χ1n) is 6.92. The molecule has 0 saturated carbocycles. The van der Waals surface area contributed by atoms with Gasteiger partial charge in [0.2, 0.25) is 5.88 Å². The first-order valence-corrected chi connectivity index (χ1v) is 6.92. The van der Waals surface area contributed by atoms with E-state index in [2.05, 4.69) is 5.16 Å². The molecular weight excluding hydrogens is 272 g/mol. The van der Waals surface area contributed by atoms with Gasteiger partial charge in [-0.15, -0.1) is 0 Å². The maximum Gasteiger partial charge on any atom is 0.222 e. The van der Waals surface area contributed by atoms with Gasteiger partial charge in [-0.25, -0.2) is 0 Å². The number of nitrogens with two attached hydrogens (primary N) is 1. The molecule has 2 aromatic rings. The molecule has 1 aromatic carbocycles. The van der Waals surface area contributed by atoms with E-state index in [1.165, 1.54) is 0 Å². The first-order chi connectivity index (χ1) is 10.3. The number of ether oxygens (including phenoxy) is 3. The van der Waals surface area contributed by atoms with Gasteiger partial charge in [0, 0.05) is 18.2 Å². The van der Waals surface area contributed by atoms with Crippen LogP contribution < -0.4 is 15.2 Å². The predicted octanol–water partition coefficient (Wildman–Crippen LogP) is 2.49. The zero-order valence-electron chi connectivity index (χ0n) is 11.9. The molecule has 1 saturated heterocycles. The van der Waals surface area contributed by atoms with Crippen LogP contribution in [0, 0.1) is 0 Å². The smallest absolute Gasteiger partial charge is 0.222 e. The zero-order valence-corrected chi connectivity index (χ0v) is 11.9. The highest BCUT2D eigenvalue weighted by Gasteiger charge is 2.21. The van der Waals surface area contributed by atoms with Crippen molar-refractivity contribution in [2.45, 2.75) is 18.9 Å². The molecule has 0 aliphatic carbocycles. The van der Waals surface area contributed by atoms with Gasteiger partial charge in [-0.2, -0.15) is 0 Å². The summed E-state index contributed by atoms with van der Waals surface area (Å²) in [5, 5.41) is 3.95. The second-order valence-electron chi connectivity index (χ2n) is 4.91. The third-order valence-corrected chi connectivity index (χ3v) is 3.41. The summed E-state index contributed by atoms with van der Waals surface area (Å²) in [5.41, 5.74) is 7.01. The van der Waals surface area contributed by atoms with Crippen LogP contribution in [-0.2, 0) is 4.74 Å². The van der Waals surface area contributed by atoms with Gasteiger partial charge in [0.25, 0.3) is 0 Å². The Morgan fingerprint density at radius 3 is 2.95 bits per heavy atom. The highest BCUT2D eigenvalue weighted by atomic mass is 16.5. The molecule has 3 rings (SSSR count). The fraction of sp³-hybridized carbons (Fsp3) is 0.400. The largest absolute Gasteiger partial charge is 0.493 e. The molecule has 2 heterocycles. The van der Waals surface area contributed by atoms with Crippen LogP contribution in [0.2, 0.25) is 0 Å². The Kier molecular flexibility index (Phi) is 3.96. The Morgan fingerprint density at radius 1 is 1.38 bits per heavy atom. The van der Waals surface area contributed by atoms with Crippen LogP contribution in [0.15, 0.2) is 28.8 Å². The summed E-state index contributed by atoms with van der Waals surface area (Å²) in [6, 6.07) is 7.30. The fourth-order valence-electron chi connectivity index (χ4n) is 2.39. The van der Waals surface area contributed by atoms with E-state index in [0.717, 1.165) is 25.0 Å². The number of benzene rings is 1. The minimum absolute atomic E-state index is 0.0121. The molecule has 1 atom stereocenters. The van der Waals surface area contributed by atoms with E-state index < -0.39 is 0 Å². The maximum absolute atomic E-state index is 6.10. The van der Waals surface area contributed by atoms with Crippen LogP contribution in [0.4, 0.5) is 5.88 Å². The lowest BCUT2D eigenvalue weighted by molar-refractivity contribution is 0.00669. The average molecular weight is 290 g/mol. The van der Waals surface area contributed by atoms with Gasteiger partial charge in [-0.05, 0) is 25.0 Å². The number of hydrogen-bond acceptors (Lipinski definition) is 6. The molecule has 1 unspecified atom stereocenters. The highest BCUT2D eigenvalue weighted by Crippen LogP contribution is 2.39. The van der Waals surface area contributed by atoms with E-state index in [9.17, 15) is 0 Å². The average Bonchev–Trinajstić information content (AvgIpc) is 2.95. The number of para-hydroxylation sites is 1. The summed E-state index contributed by atoms with van der Waals surface area (Å²) in [6.45, 7) is 1.37. The Morgan fingerprint density at radius 2 is 2.29 bits per heavy atom. The predicted molar refractivity (Wildman–Crippen MR) is 77.4 cm³/mol. The second-order valence-corrected chi connectivity index (χ2v) is 4.91. The van der Waals surface area contributed by atoms with E-state index in [1.54, 1.807) is 13.2 Å². The van der Waals surface area contributed by atoms with Crippen molar-refractivity contribution in [3.63, 3.8) is 0 Å². The maximum atomic E-state index is 6.10. The summed E-state index contributed by atoms with van der Waals surface area (Å²) in [4.78, 5) is 0. The summed E-state index contributed by atoms with van der Waals surface area (Å²) in [5.74, 6) is 1.56. The van der Waals surface area contributed by atoms with Crippen LogP contribution in [0.1, 0.15) is 12.8 Å². The third kappa shape index (κ3) is 2.95. The fourth-order valence-corrected chi connectivity index (χ4v) is 2.39. The Bertz CT molecular complexity index is 605. The molecule has 21 heavy (non-hydrogen) atoms. The second kappa shape index (κ2) is 6.05. The highest BCUT2D eigenvalue weighted by molar-refractivity contribution is 5.72. The van der Waals surface area contributed by atoms with Gasteiger partial charge in [-0.1, -0.05) is 11.2 Å².